The molecule has 3 rings (SSSR count). The Morgan fingerprint density at radius 1 is 1.11 bits per heavy atom. The van der Waals surface area contributed by atoms with Crippen molar-refractivity contribution < 1.29 is 4.74 Å². The summed E-state index contributed by atoms with van der Waals surface area (Å²) in [6.45, 7) is 0. The number of nitrogen functional groups attached to an aromatic ring is 1. The molecule has 3 aromatic rings. The number of rotatable bonds is 3. The van der Waals surface area contributed by atoms with Crippen LogP contribution >= 0.6 is 11.8 Å². The molecule has 0 saturated heterocycles. The van der Waals surface area contributed by atoms with Gasteiger partial charge in [-0.05, 0) is 30.3 Å². The van der Waals surface area contributed by atoms with Crippen LogP contribution in [0.5, 0.6) is 5.75 Å². The highest BCUT2D eigenvalue weighted by Crippen LogP contribution is 2.33. The molecular formula is C15H14N2OS. The maximum atomic E-state index is 5.81. The SMILES string of the molecule is COc1cc(Sc2cc3ccccc3[nH]2)ccc1N. The Bertz CT molecular complexity index is 688. The van der Waals surface area contributed by atoms with Crippen molar-refractivity contribution in [2.75, 3.05) is 12.8 Å². The van der Waals surface area contributed by atoms with Crippen LogP contribution in [-0.4, -0.2) is 12.1 Å². The van der Waals surface area contributed by atoms with E-state index in [4.69, 9.17) is 10.5 Å². The molecule has 0 aliphatic rings. The lowest BCUT2D eigenvalue weighted by atomic mass is 10.3. The third kappa shape index (κ3) is 2.39. The van der Waals surface area contributed by atoms with Gasteiger partial charge in [0.05, 0.1) is 17.8 Å². The van der Waals surface area contributed by atoms with Crippen LogP contribution in [0.15, 0.2) is 58.5 Å². The van der Waals surface area contributed by atoms with E-state index in [1.165, 1.54) is 5.39 Å². The number of nitrogens with two attached hydrogens (primary N) is 1. The summed E-state index contributed by atoms with van der Waals surface area (Å²) in [5.74, 6) is 0.709. The lowest BCUT2D eigenvalue weighted by Crippen LogP contribution is -1.91. The third-order valence-electron chi connectivity index (χ3n) is 2.94. The molecular weight excluding hydrogens is 256 g/mol. The van der Waals surface area contributed by atoms with Crippen LogP contribution in [0, 0.1) is 0 Å². The Labute approximate surface area is 115 Å². The molecule has 3 nitrogen and oxygen atoms in total. The number of para-hydroxylation sites is 1. The van der Waals surface area contributed by atoms with Gasteiger partial charge in [-0.25, -0.2) is 0 Å². The van der Waals surface area contributed by atoms with Gasteiger partial charge in [-0.3, -0.25) is 0 Å². The summed E-state index contributed by atoms with van der Waals surface area (Å²) in [6.07, 6.45) is 0. The van der Waals surface area contributed by atoms with Crippen LogP contribution in [0.2, 0.25) is 0 Å². The Balaban J connectivity index is 1.92. The van der Waals surface area contributed by atoms with Crippen LogP contribution < -0.4 is 10.5 Å². The topological polar surface area (TPSA) is 51.0 Å². The Hall–Kier alpha value is -2.07. The smallest absolute Gasteiger partial charge is 0.142 e. The first-order valence-electron chi connectivity index (χ1n) is 5.95. The van der Waals surface area contributed by atoms with Crippen LogP contribution in [0.3, 0.4) is 0 Å². The van der Waals surface area contributed by atoms with Crippen LogP contribution in [0.25, 0.3) is 10.9 Å². The Morgan fingerprint density at radius 3 is 2.74 bits per heavy atom. The number of fused-ring (bicyclic) bond motifs is 1. The number of aromatic amines is 1. The van der Waals surface area contributed by atoms with Gasteiger partial charge in [-0.15, -0.1) is 0 Å². The van der Waals surface area contributed by atoms with Gasteiger partial charge in [-0.1, -0.05) is 30.0 Å². The van der Waals surface area contributed by atoms with E-state index in [1.54, 1.807) is 18.9 Å². The predicted octanol–water partition coefficient (Wildman–Crippen LogP) is 3.91. The van der Waals surface area contributed by atoms with E-state index in [0.29, 0.717) is 11.4 Å². The minimum Gasteiger partial charge on any atom is -0.495 e. The van der Waals surface area contributed by atoms with Crippen molar-refractivity contribution in [2.24, 2.45) is 0 Å². The number of hydrogen-bond acceptors (Lipinski definition) is 3. The van der Waals surface area contributed by atoms with Crippen LogP contribution in [0.1, 0.15) is 0 Å². The molecule has 4 heteroatoms. The largest absolute Gasteiger partial charge is 0.495 e. The van der Waals surface area contributed by atoms with Crippen molar-refractivity contribution in [1.82, 2.24) is 4.98 Å². The summed E-state index contributed by atoms with van der Waals surface area (Å²) in [5.41, 5.74) is 7.61. The van der Waals surface area contributed by atoms with Gasteiger partial charge in [0.15, 0.2) is 0 Å². The summed E-state index contributed by atoms with van der Waals surface area (Å²) in [6, 6.07) is 16.2. The molecule has 2 aromatic carbocycles. The molecule has 0 amide bonds. The number of nitrogens with one attached hydrogen (secondary N) is 1. The van der Waals surface area contributed by atoms with Crippen LogP contribution in [0.4, 0.5) is 5.69 Å². The fraction of sp³-hybridized carbons (Fsp3) is 0.0667. The maximum Gasteiger partial charge on any atom is 0.142 e. The Morgan fingerprint density at radius 2 is 1.95 bits per heavy atom. The lowest BCUT2D eigenvalue weighted by Gasteiger charge is -2.06. The number of methoxy groups -OCH3 is 1. The normalized spacial score (nSPS) is 10.8. The molecule has 19 heavy (non-hydrogen) atoms. The highest BCUT2D eigenvalue weighted by Gasteiger charge is 2.05. The van der Waals surface area contributed by atoms with E-state index in [1.807, 2.05) is 30.3 Å². The monoisotopic (exact) mass is 270 g/mol. The van der Waals surface area contributed by atoms with E-state index >= 15 is 0 Å². The summed E-state index contributed by atoms with van der Waals surface area (Å²) < 4.78 is 5.23. The first-order valence-corrected chi connectivity index (χ1v) is 6.77. The lowest BCUT2D eigenvalue weighted by molar-refractivity contribution is 0.416. The molecule has 1 aromatic heterocycles. The first kappa shape index (κ1) is 12.0. The van der Waals surface area contributed by atoms with Crippen molar-refractivity contribution >= 4 is 28.4 Å². The van der Waals surface area contributed by atoms with E-state index in [0.717, 1.165) is 15.4 Å². The van der Waals surface area contributed by atoms with E-state index in [-0.39, 0.29) is 0 Å². The van der Waals surface area contributed by atoms with Gasteiger partial charge in [0.2, 0.25) is 0 Å². The quantitative estimate of drug-likeness (QED) is 0.709. The zero-order valence-electron chi connectivity index (χ0n) is 10.5. The molecule has 0 atom stereocenters. The standard InChI is InChI=1S/C15H14N2OS/c1-18-14-9-11(6-7-12(14)16)19-15-8-10-4-2-3-5-13(10)17-15/h2-9,17H,16H2,1H3. The molecule has 0 fully saturated rings. The number of benzene rings is 2. The van der Waals surface area contributed by atoms with Gasteiger partial charge < -0.3 is 15.5 Å². The molecule has 0 saturated carbocycles. The summed E-state index contributed by atoms with van der Waals surface area (Å²) in [7, 11) is 1.63. The Kier molecular flexibility index (Phi) is 3.09. The second kappa shape index (κ2) is 4.90. The summed E-state index contributed by atoms with van der Waals surface area (Å²) in [4.78, 5) is 4.48. The molecule has 0 radical (unpaired) electrons. The number of aromatic nitrogens is 1. The second-order valence-corrected chi connectivity index (χ2v) is 5.34. The van der Waals surface area contributed by atoms with Crippen molar-refractivity contribution in [2.45, 2.75) is 9.92 Å². The van der Waals surface area contributed by atoms with Crippen molar-refractivity contribution in [3.05, 3.63) is 48.5 Å². The molecule has 0 spiro atoms. The van der Waals surface area contributed by atoms with E-state index < -0.39 is 0 Å². The van der Waals surface area contributed by atoms with Crippen molar-refractivity contribution in [3.63, 3.8) is 0 Å². The second-order valence-electron chi connectivity index (χ2n) is 4.23. The highest BCUT2D eigenvalue weighted by molar-refractivity contribution is 7.99. The van der Waals surface area contributed by atoms with E-state index in [9.17, 15) is 0 Å². The zero-order valence-corrected chi connectivity index (χ0v) is 11.3. The molecule has 0 aliphatic heterocycles. The molecule has 0 bridgehead atoms. The average molecular weight is 270 g/mol. The molecule has 1 heterocycles. The third-order valence-corrected chi connectivity index (χ3v) is 3.87. The summed E-state index contributed by atoms with van der Waals surface area (Å²) >= 11 is 1.66. The molecule has 96 valence electrons. The molecule has 0 aliphatic carbocycles. The number of H-pyrrole nitrogens is 1. The minimum absolute atomic E-state index is 0.656. The highest BCUT2D eigenvalue weighted by atomic mass is 32.2. The predicted molar refractivity (Wildman–Crippen MR) is 79.8 cm³/mol. The zero-order chi connectivity index (χ0) is 13.2. The van der Waals surface area contributed by atoms with Gasteiger partial charge in [0.25, 0.3) is 0 Å². The number of anilines is 1. The average Bonchev–Trinajstić information content (AvgIpc) is 2.83. The number of hydrogen-bond donors (Lipinski definition) is 2. The van der Waals surface area contributed by atoms with Gasteiger partial charge in [0.1, 0.15) is 5.75 Å². The fourth-order valence-electron chi connectivity index (χ4n) is 1.98. The molecule has 0 unspecified atom stereocenters. The van der Waals surface area contributed by atoms with Crippen molar-refractivity contribution in [1.29, 1.82) is 0 Å². The summed E-state index contributed by atoms with van der Waals surface area (Å²) in [5, 5.41) is 2.32. The van der Waals surface area contributed by atoms with E-state index in [2.05, 4.69) is 23.2 Å². The van der Waals surface area contributed by atoms with Gasteiger partial charge in [-0.2, -0.15) is 0 Å². The van der Waals surface area contributed by atoms with Crippen LogP contribution in [-0.2, 0) is 0 Å². The fourth-order valence-corrected chi connectivity index (χ4v) is 2.89. The van der Waals surface area contributed by atoms with Gasteiger partial charge in [0, 0.05) is 15.8 Å². The molecule has 3 N–H and O–H groups in total. The maximum absolute atomic E-state index is 5.81. The van der Waals surface area contributed by atoms with Gasteiger partial charge >= 0.3 is 0 Å². The first-order chi connectivity index (χ1) is 9.26. The van der Waals surface area contributed by atoms with Crippen molar-refractivity contribution in [3.8, 4) is 5.75 Å². The minimum atomic E-state index is 0.656. The number of ether oxygens (including phenoxy) is 1.